The first kappa shape index (κ1) is 16.6. The van der Waals surface area contributed by atoms with Crippen molar-refractivity contribution in [3.8, 4) is 0 Å². The minimum atomic E-state index is -0.771. The zero-order chi connectivity index (χ0) is 17.6. The van der Waals surface area contributed by atoms with Crippen molar-refractivity contribution in [2.75, 3.05) is 11.9 Å². The van der Waals surface area contributed by atoms with Gasteiger partial charge in [-0.3, -0.25) is 4.79 Å². The molecule has 1 aliphatic heterocycles. The molecule has 1 aliphatic rings. The molecule has 0 bridgehead atoms. The van der Waals surface area contributed by atoms with Gasteiger partial charge in [0.2, 0.25) is 11.7 Å². The lowest BCUT2D eigenvalue weighted by Gasteiger charge is -2.09. The molecule has 3 rings (SSSR count). The molecule has 1 aromatic heterocycles. The van der Waals surface area contributed by atoms with E-state index in [1.807, 2.05) is 25.1 Å². The Labute approximate surface area is 143 Å². The molecule has 130 valence electrons. The van der Waals surface area contributed by atoms with E-state index in [0.717, 1.165) is 6.42 Å². The average molecular weight is 343 g/mol. The van der Waals surface area contributed by atoms with E-state index in [1.54, 1.807) is 16.8 Å². The molecule has 9 nitrogen and oxygen atoms in total. The van der Waals surface area contributed by atoms with Crippen molar-refractivity contribution < 1.29 is 19.1 Å². The fourth-order valence-electron chi connectivity index (χ4n) is 2.28. The highest BCUT2D eigenvalue weighted by Crippen LogP contribution is 2.20. The van der Waals surface area contributed by atoms with Crippen molar-refractivity contribution in [3.05, 3.63) is 47.6 Å². The molecule has 0 spiro atoms. The van der Waals surface area contributed by atoms with Gasteiger partial charge in [-0.25, -0.2) is 9.48 Å². The minimum Gasteiger partial charge on any atom is -0.470 e. The van der Waals surface area contributed by atoms with Gasteiger partial charge in [-0.2, -0.15) is 0 Å². The van der Waals surface area contributed by atoms with Gasteiger partial charge in [0, 0.05) is 12.2 Å². The number of rotatable bonds is 7. The molecule has 2 aromatic rings. The lowest BCUT2D eigenvalue weighted by molar-refractivity contribution is -0.141. The number of hydrogen-bond acceptors (Lipinski definition) is 8. The van der Waals surface area contributed by atoms with E-state index >= 15 is 0 Å². The first-order valence-electron chi connectivity index (χ1n) is 7.83. The molecule has 0 saturated heterocycles. The number of carbonyl (C=O) groups excluding carboxylic acids is 2. The summed E-state index contributed by atoms with van der Waals surface area (Å²) in [4.78, 5) is 24.3. The molecule has 0 amide bonds. The smallest absolute Gasteiger partial charge is 0.347 e. The van der Waals surface area contributed by atoms with Crippen molar-refractivity contribution in [1.29, 1.82) is 0 Å². The summed E-state index contributed by atoms with van der Waals surface area (Å²) in [6, 6.07) is 9.09. The monoisotopic (exact) mass is 343 g/mol. The van der Waals surface area contributed by atoms with Crippen LogP contribution < -0.4 is 5.32 Å². The summed E-state index contributed by atoms with van der Waals surface area (Å²) < 4.78 is 12.0. The third kappa shape index (κ3) is 3.82. The number of carbonyl (C=O) groups is 2. The number of tetrazole rings is 1. The van der Waals surface area contributed by atoms with Gasteiger partial charge in [0.15, 0.2) is 24.6 Å². The third-order valence-corrected chi connectivity index (χ3v) is 3.46. The van der Waals surface area contributed by atoms with Gasteiger partial charge in [0.05, 0.1) is 0 Å². The molecular formula is C16H17N5O4. The lowest BCUT2D eigenvalue weighted by Crippen LogP contribution is -2.18. The van der Waals surface area contributed by atoms with Gasteiger partial charge < -0.3 is 14.8 Å². The normalized spacial score (nSPS) is 13.7. The molecule has 1 aromatic carbocycles. The zero-order valence-electron chi connectivity index (χ0n) is 13.6. The number of ether oxygens (including phenoxy) is 2. The summed E-state index contributed by atoms with van der Waals surface area (Å²) in [6.45, 7) is 2.28. The molecular weight excluding hydrogens is 326 g/mol. The predicted octanol–water partition coefficient (Wildman–Crippen LogP) is 1.05. The van der Waals surface area contributed by atoms with Crippen LogP contribution in [-0.2, 0) is 32.2 Å². The molecule has 0 radical (unpaired) electrons. The number of Topliss-reactive ketones (excluding diaryl/α,β-unsaturated/α-hetero) is 1. The van der Waals surface area contributed by atoms with E-state index < -0.39 is 11.8 Å². The number of esters is 1. The van der Waals surface area contributed by atoms with Crippen molar-refractivity contribution in [1.82, 2.24) is 20.2 Å². The Morgan fingerprint density at radius 3 is 2.92 bits per heavy atom. The topological polar surface area (TPSA) is 108 Å². The van der Waals surface area contributed by atoms with Crippen LogP contribution in [0.1, 0.15) is 19.2 Å². The highest BCUT2D eigenvalue weighted by atomic mass is 16.5. The van der Waals surface area contributed by atoms with Gasteiger partial charge in [-0.1, -0.05) is 25.1 Å². The predicted molar refractivity (Wildman–Crippen MR) is 86.0 cm³/mol. The number of nitrogens with one attached hydrogen (secondary N) is 1. The van der Waals surface area contributed by atoms with Crippen molar-refractivity contribution in [3.63, 3.8) is 0 Å². The number of aromatic nitrogens is 4. The van der Waals surface area contributed by atoms with Crippen LogP contribution in [0.3, 0.4) is 0 Å². The van der Waals surface area contributed by atoms with E-state index in [2.05, 4.69) is 20.8 Å². The highest BCUT2D eigenvalue weighted by Gasteiger charge is 2.32. The zero-order valence-corrected chi connectivity index (χ0v) is 13.6. The number of aryl methyl sites for hydroxylation is 1. The fourth-order valence-corrected chi connectivity index (χ4v) is 2.28. The number of benzene rings is 1. The average Bonchev–Trinajstić information content (AvgIpc) is 3.21. The van der Waals surface area contributed by atoms with Gasteiger partial charge in [-0.15, -0.1) is 5.10 Å². The molecule has 0 aliphatic carbocycles. The summed E-state index contributed by atoms with van der Waals surface area (Å²) in [6.07, 6.45) is 0.842. The number of ketones is 1. The number of hydrogen-bond donors (Lipinski definition) is 1. The number of para-hydroxylation sites is 1. The second-order valence-electron chi connectivity index (χ2n) is 5.30. The van der Waals surface area contributed by atoms with Crippen molar-refractivity contribution >= 4 is 17.4 Å². The lowest BCUT2D eigenvalue weighted by atomic mass is 10.2. The first-order valence-corrected chi connectivity index (χ1v) is 7.83. The number of nitrogens with zero attached hydrogens (tertiary/aromatic N) is 4. The highest BCUT2D eigenvalue weighted by molar-refractivity contribution is 6.19. The van der Waals surface area contributed by atoms with Crippen LogP contribution >= 0.6 is 0 Å². The maximum atomic E-state index is 12.3. The second-order valence-corrected chi connectivity index (χ2v) is 5.30. The van der Waals surface area contributed by atoms with Crippen LogP contribution in [0.5, 0.6) is 0 Å². The van der Waals surface area contributed by atoms with E-state index in [1.165, 1.54) is 0 Å². The van der Waals surface area contributed by atoms with Gasteiger partial charge in [0.25, 0.3) is 0 Å². The quantitative estimate of drug-likeness (QED) is 0.587. The van der Waals surface area contributed by atoms with Crippen LogP contribution in [0.4, 0.5) is 5.69 Å². The Bertz CT molecular complexity index is 800. The summed E-state index contributed by atoms with van der Waals surface area (Å²) in [5, 5.41) is 14.1. The Morgan fingerprint density at radius 1 is 1.36 bits per heavy atom. The summed E-state index contributed by atoms with van der Waals surface area (Å²) in [5.74, 6) is -0.697. The Morgan fingerprint density at radius 2 is 2.16 bits per heavy atom. The fraction of sp³-hybridized carbons (Fsp3) is 0.312. The number of anilines is 1. The summed E-state index contributed by atoms with van der Waals surface area (Å²) in [7, 11) is 0. The third-order valence-electron chi connectivity index (χ3n) is 3.46. The second kappa shape index (κ2) is 7.56. The van der Waals surface area contributed by atoms with Gasteiger partial charge >= 0.3 is 5.97 Å². The standard InChI is InChI=1S/C16H17N5O4/c1-2-8-21-13(18-19-20-21)10-25-16(23)14-12(22)9-24-15(14)17-11-6-4-3-5-7-11/h3-7,17H,2,8-10H2,1H3. The van der Waals surface area contributed by atoms with Crippen LogP contribution in [-0.4, -0.2) is 38.6 Å². The SMILES string of the molecule is CCCn1nnnc1COC(=O)C1=C(Nc2ccccc2)OCC1=O. The van der Waals surface area contributed by atoms with Crippen LogP contribution in [0.2, 0.25) is 0 Å². The Balaban J connectivity index is 1.71. The summed E-state index contributed by atoms with van der Waals surface area (Å²) in [5.41, 5.74) is 0.558. The molecule has 25 heavy (non-hydrogen) atoms. The maximum absolute atomic E-state index is 12.3. The molecule has 0 unspecified atom stereocenters. The molecule has 2 heterocycles. The van der Waals surface area contributed by atoms with Gasteiger partial charge in [-0.05, 0) is 29.0 Å². The van der Waals surface area contributed by atoms with Crippen LogP contribution in [0.15, 0.2) is 41.8 Å². The van der Waals surface area contributed by atoms with Crippen molar-refractivity contribution in [2.24, 2.45) is 0 Å². The molecule has 9 heteroatoms. The Kier molecular flexibility index (Phi) is 5.03. The first-order chi connectivity index (χ1) is 12.2. The maximum Gasteiger partial charge on any atom is 0.347 e. The van der Waals surface area contributed by atoms with Crippen LogP contribution in [0, 0.1) is 0 Å². The van der Waals surface area contributed by atoms with Crippen LogP contribution in [0.25, 0.3) is 0 Å². The van der Waals surface area contributed by atoms with E-state index in [9.17, 15) is 9.59 Å². The molecule has 1 N–H and O–H groups in total. The molecule has 0 atom stereocenters. The van der Waals surface area contributed by atoms with E-state index in [0.29, 0.717) is 18.1 Å². The summed E-state index contributed by atoms with van der Waals surface area (Å²) >= 11 is 0. The molecule has 0 fully saturated rings. The Hall–Kier alpha value is -3.23. The van der Waals surface area contributed by atoms with E-state index in [4.69, 9.17) is 9.47 Å². The molecule has 0 saturated carbocycles. The van der Waals surface area contributed by atoms with Gasteiger partial charge in [0.1, 0.15) is 0 Å². The minimum absolute atomic E-state index is 0.0920. The van der Waals surface area contributed by atoms with E-state index in [-0.39, 0.29) is 24.7 Å². The van der Waals surface area contributed by atoms with Crippen molar-refractivity contribution in [2.45, 2.75) is 26.5 Å². The largest absolute Gasteiger partial charge is 0.470 e.